The van der Waals surface area contributed by atoms with Gasteiger partial charge < -0.3 is 20.3 Å². The zero-order valence-electron chi connectivity index (χ0n) is 25.6. The number of ether oxygens (including phenoxy) is 1. The highest BCUT2D eigenvalue weighted by Crippen LogP contribution is 2.38. The van der Waals surface area contributed by atoms with Gasteiger partial charge in [0.1, 0.15) is 17.5 Å². The van der Waals surface area contributed by atoms with Gasteiger partial charge in [-0.05, 0) is 79.4 Å². The summed E-state index contributed by atoms with van der Waals surface area (Å²) in [5, 5.41) is 6.09. The van der Waals surface area contributed by atoms with Crippen molar-refractivity contribution >= 4 is 23.5 Å². The van der Waals surface area contributed by atoms with E-state index in [1.165, 1.54) is 0 Å². The summed E-state index contributed by atoms with van der Waals surface area (Å²) in [4.78, 5) is 45.0. The van der Waals surface area contributed by atoms with Gasteiger partial charge in [-0.1, -0.05) is 66.7 Å². The van der Waals surface area contributed by atoms with Gasteiger partial charge in [0.15, 0.2) is 0 Å². The minimum absolute atomic E-state index is 0.143. The van der Waals surface area contributed by atoms with Gasteiger partial charge in [-0.15, -0.1) is 0 Å². The predicted octanol–water partition coefficient (Wildman–Crippen LogP) is 6.53. The summed E-state index contributed by atoms with van der Waals surface area (Å²) in [6.07, 6.45) is 0.322. The van der Waals surface area contributed by atoms with Crippen LogP contribution >= 0.6 is 0 Å². The molecule has 2 aliphatic heterocycles. The van der Waals surface area contributed by atoms with E-state index in [-0.39, 0.29) is 24.4 Å². The lowest BCUT2D eigenvalue weighted by molar-refractivity contribution is -0.134. The first kappa shape index (κ1) is 29.7. The average molecular weight is 601 g/mol. The van der Waals surface area contributed by atoms with Crippen LogP contribution in [-0.4, -0.2) is 46.8 Å². The van der Waals surface area contributed by atoms with Crippen LogP contribution in [0.25, 0.3) is 0 Å². The first-order valence-corrected chi connectivity index (χ1v) is 15.2. The van der Waals surface area contributed by atoms with Crippen LogP contribution in [0.5, 0.6) is 11.5 Å². The Hall–Kier alpha value is -5.37. The van der Waals surface area contributed by atoms with Gasteiger partial charge in [-0.2, -0.15) is 0 Å². The fourth-order valence-corrected chi connectivity index (χ4v) is 5.96. The molecule has 2 aliphatic rings. The maximum atomic E-state index is 14.4. The van der Waals surface area contributed by atoms with Crippen LogP contribution in [0.3, 0.4) is 0 Å². The number of likely N-dealkylation sites (N-methyl/N-ethyl adjacent to an activating group) is 1. The van der Waals surface area contributed by atoms with E-state index in [1.54, 1.807) is 9.80 Å². The number of anilines is 1. The van der Waals surface area contributed by atoms with Crippen LogP contribution in [0.1, 0.15) is 35.2 Å². The quantitative estimate of drug-likeness (QED) is 0.229. The maximum absolute atomic E-state index is 14.4. The molecule has 45 heavy (non-hydrogen) atoms. The number of benzene rings is 4. The smallest absolute Gasteiger partial charge is 0.322 e. The van der Waals surface area contributed by atoms with Crippen molar-refractivity contribution in [2.24, 2.45) is 0 Å². The van der Waals surface area contributed by atoms with Gasteiger partial charge in [-0.25, -0.2) is 4.79 Å². The standard InChI is InChI=1S/C37H36N4O4/c1-4-40-32-23-41(31(21-26-12-7-5-8-13-26)35(42)38-28-19-18-24(2)25(3)20-28)36(43)33(32)34(39-37(40)44)27-14-11-17-30(22-27)45-29-15-9-6-10-16-29/h5-20,22,31,34H,4,21,23H2,1-3H3,(H,38,42)(H,39,44)/t31-,34+/m1/s1. The normalized spacial score (nSPS) is 16.7. The third kappa shape index (κ3) is 6.17. The Balaban J connectivity index is 1.34. The molecular weight excluding hydrogens is 564 g/mol. The topological polar surface area (TPSA) is 91.0 Å². The zero-order valence-corrected chi connectivity index (χ0v) is 25.6. The molecule has 8 heteroatoms. The number of nitrogens with zero attached hydrogens (tertiary/aromatic N) is 2. The molecule has 2 atom stereocenters. The van der Waals surface area contributed by atoms with Crippen molar-refractivity contribution in [1.29, 1.82) is 0 Å². The van der Waals surface area contributed by atoms with Gasteiger partial charge in [0.05, 0.1) is 23.9 Å². The van der Waals surface area contributed by atoms with Crippen LogP contribution < -0.4 is 15.4 Å². The molecule has 0 unspecified atom stereocenters. The number of rotatable bonds is 9. The van der Waals surface area contributed by atoms with Crippen molar-refractivity contribution in [3.8, 4) is 11.5 Å². The predicted molar refractivity (Wildman–Crippen MR) is 174 cm³/mol. The Bertz CT molecular complexity index is 1770. The molecule has 4 amide bonds. The summed E-state index contributed by atoms with van der Waals surface area (Å²) in [6.45, 7) is 6.42. The molecule has 2 N–H and O–H groups in total. The van der Waals surface area contributed by atoms with E-state index < -0.39 is 12.1 Å². The molecule has 6 rings (SSSR count). The van der Waals surface area contributed by atoms with Gasteiger partial charge in [-0.3, -0.25) is 14.5 Å². The second-order valence-electron chi connectivity index (χ2n) is 11.4. The molecule has 0 spiro atoms. The summed E-state index contributed by atoms with van der Waals surface area (Å²) >= 11 is 0. The van der Waals surface area contributed by atoms with Crippen LogP contribution in [0.2, 0.25) is 0 Å². The fourth-order valence-electron chi connectivity index (χ4n) is 5.96. The van der Waals surface area contributed by atoms with E-state index in [2.05, 4.69) is 10.6 Å². The van der Waals surface area contributed by atoms with E-state index in [4.69, 9.17) is 4.74 Å². The first-order chi connectivity index (χ1) is 21.8. The first-order valence-electron chi connectivity index (χ1n) is 15.2. The van der Waals surface area contributed by atoms with Crippen molar-refractivity contribution in [2.75, 3.05) is 18.4 Å². The molecule has 0 saturated carbocycles. The van der Waals surface area contributed by atoms with E-state index in [0.29, 0.717) is 41.4 Å². The average Bonchev–Trinajstić information content (AvgIpc) is 3.38. The third-order valence-corrected chi connectivity index (χ3v) is 8.46. The van der Waals surface area contributed by atoms with Crippen molar-refractivity contribution in [3.63, 3.8) is 0 Å². The van der Waals surface area contributed by atoms with Crippen LogP contribution in [0.15, 0.2) is 114 Å². The summed E-state index contributed by atoms with van der Waals surface area (Å²) in [7, 11) is 0. The van der Waals surface area contributed by atoms with Gasteiger partial charge in [0.2, 0.25) is 5.91 Å². The minimum atomic E-state index is -0.811. The number of carbonyl (C=O) groups excluding carboxylic acids is 3. The number of hydrogen-bond acceptors (Lipinski definition) is 4. The van der Waals surface area contributed by atoms with Crippen molar-refractivity contribution < 1.29 is 19.1 Å². The van der Waals surface area contributed by atoms with Crippen LogP contribution in [0, 0.1) is 13.8 Å². The second kappa shape index (κ2) is 12.7. The molecule has 4 aromatic carbocycles. The highest BCUT2D eigenvalue weighted by Gasteiger charge is 2.47. The maximum Gasteiger partial charge on any atom is 0.322 e. The number of urea groups is 1. The molecule has 8 nitrogen and oxygen atoms in total. The molecule has 0 saturated heterocycles. The molecule has 0 aliphatic carbocycles. The van der Waals surface area contributed by atoms with E-state index in [0.717, 1.165) is 22.3 Å². The lowest BCUT2D eigenvalue weighted by Gasteiger charge is -2.33. The summed E-state index contributed by atoms with van der Waals surface area (Å²) in [6, 6.07) is 30.5. The van der Waals surface area contributed by atoms with Crippen LogP contribution in [0.4, 0.5) is 10.5 Å². The lowest BCUT2D eigenvalue weighted by Crippen LogP contribution is -2.47. The van der Waals surface area contributed by atoms with E-state index in [1.807, 2.05) is 124 Å². The molecule has 2 heterocycles. The summed E-state index contributed by atoms with van der Waals surface area (Å²) in [5.74, 6) is 0.706. The molecule has 4 aromatic rings. The number of carbonyl (C=O) groups is 3. The Labute approximate surface area is 263 Å². The molecule has 0 aromatic heterocycles. The largest absolute Gasteiger partial charge is 0.457 e. The van der Waals surface area contributed by atoms with Crippen LogP contribution in [-0.2, 0) is 16.0 Å². The molecular formula is C37H36N4O4. The minimum Gasteiger partial charge on any atom is -0.457 e. The Morgan fingerprint density at radius 1 is 0.889 bits per heavy atom. The van der Waals surface area contributed by atoms with Crippen molar-refractivity contribution in [3.05, 3.63) is 137 Å². The van der Waals surface area contributed by atoms with Gasteiger partial charge in [0.25, 0.3) is 5.91 Å². The molecule has 0 fully saturated rings. The second-order valence-corrected chi connectivity index (χ2v) is 11.4. The fraction of sp³-hybridized carbons (Fsp3) is 0.216. The van der Waals surface area contributed by atoms with Gasteiger partial charge >= 0.3 is 6.03 Å². The number of hydrogen-bond donors (Lipinski definition) is 2. The van der Waals surface area contributed by atoms with E-state index in [9.17, 15) is 14.4 Å². The number of para-hydroxylation sites is 1. The number of nitrogens with one attached hydrogen (secondary N) is 2. The highest BCUT2D eigenvalue weighted by molar-refractivity contribution is 6.05. The van der Waals surface area contributed by atoms with Crippen molar-refractivity contribution in [1.82, 2.24) is 15.1 Å². The Morgan fingerprint density at radius 2 is 1.60 bits per heavy atom. The third-order valence-electron chi connectivity index (χ3n) is 8.46. The highest BCUT2D eigenvalue weighted by atomic mass is 16.5. The monoisotopic (exact) mass is 600 g/mol. The molecule has 228 valence electrons. The Morgan fingerprint density at radius 3 is 2.31 bits per heavy atom. The molecule has 0 bridgehead atoms. The lowest BCUT2D eigenvalue weighted by atomic mass is 9.95. The Kier molecular flexibility index (Phi) is 8.38. The van der Waals surface area contributed by atoms with E-state index >= 15 is 0 Å². The van der Waals surface area contributed by atoms with Gasteiger partial charge in [0, 0.05) is 18.7 Å². The SMILES string of the molecule is CCN1C(=O)N[C@@H](c2cccc(Oc3ccccc3)c2)C2=C1CN([C@H](Cc1ccccc1)C(=O)Nc1ccc(C)c(C)c1)C2=O. The molecule has 0 radical (unpaired) electrons. The summed E-state index contributed by atoms with van der Waals surface area (Å²) in [5.41, 5.74) is 5.58. The van der Waals surface area contributed by atoms with Crippen molar-refractivity contribution in [2.45, 2.75) is 39.3 Å². The zero-order chi connectivity index (χ0) is 31.5. The summed E-state index contributed by atoms with van der Waals surface area (Å²) < 4.78 is 6.06. The number of aryl methyl sites for hydroxylation is 2. The number of amides is 4.